The van der Waals surface area contributed by atoms with Crippen molar-refractivity contribution in [3.63, 3.8) is 0 Å². The van der Waals surface area contributed by atoms with E-state index in [1.54, 1.807) is 0 Å². The van der Waals surface area contributed by atoms with E-state index in [0.717, 1.165) is 39.2 Å². The maximum atomic E-state index is 5.34. The highest BCUT2D eigenvalue weighted by Gasteiger charge is 2.20. The quantitative estimate of drug-likeness (QED) is 0.337. The number of aromatic nitrogens is 2. The highest BCUT2D eigenvalue weighted by molar-refractivity contribution is 5.83. The van der Waals surface area contributed by atoms with E-state index in [4.69, 9.17) is 9.98 Å². The van der Waals surface area contributed by atoms with Gasteiger partial charge in [-0.3, -0.25) is 4.99 Å². The fourth-order valence-corrected chi connectivity index (χ4v) is 5.79. The molecule has 0 saturated heterocycles. The number of benzene rings is 3. The molecule has 6 rings (SSSR count). The molecular weight excluding hydrogens is 416 g/mol. The summed E-state index contributed by atoms with van der Waals surface area (Å²) in [7, 11) is 0. The molecule has 0 radical (unpaired) electrons. The van der Waals surface area contributed by atoms with Gasteiger partial charge in [0.1, 0.15) is 0 Å². The fraction of sp³-hybridized carbons (Fsp3) is 0.400. The van der Waals surface area contributed by atoms with Crippen LogP contribution in [-0.4, -0.2) is 21.6 Å². The number of nitrogens with one attached hydrogen (secondary N) is 1. The van der Waals surface area contributed by atoms with Crippen molar-refractivity contribution >= 4 is 16.7 Å². The number of rotatable bonds is 4. The Hall–Kier alpha value is -3.14. The highest BCUT2D eigenvalue weighted by Crippen LogP contribution is 2.31. The Balaban J connectivity index is 1.58. The van der Waals surface area contributed by atoms with Crippen molar-refractivity contribution in [2.75, 3.05) is 5.32 Å². The van der Waals surface area contributed by atoms with Gasteiger partial charge in [0.25, 0.3) is 0 Å². The minimum Gasteiger partial charge on any atom is -0.381 e. The third kappa shape index (κ3) is 4.34. The van der Waals surface area contributed by atoms with Crippen LogP contribution in [0.25, 0.3) is 28.1 Å². The second-order valence-electron chi connectivity index (χ2n) is 10.0. The molecule has 0 atom stereocenters. The Morgan fingerprint density at radius 3 is 2.26 bits per heavy atom. The molecule has 2 aromatic rings. The number of fused-ring (bicyclic) bond motifs is 2. The maximum absolute atomic E-state index is 5.34. The first-order chi connectivity index (χ1) is 16.8. The van der Waals surface area contributed by atoms with Crippen molar-refractivity contribution in [3.05, 3.63) is 72.1 Å². The van der Waals surface area contributed by atoms with Crippen molar-refractivity contribution in [2.45, 2.75) is 76.3 Å². The van der Waals surface area contributed by atoms with Gasteiger partial charge < -0.3 is 9.88 Å². The average molecular weight is 451 g/mol. The molecule has 34 heavy (non-hydrogen) atoms. The SMILES string of the molecule is c1ccc(-n2c3cc(=NC4CCCCC4)c(NC4CCCCC4)cc-3nc3ccccc32)cc1. The zero-order valence-electron chi connectivity index (χ0n) is 19.9. The van der Waals surface area contributed by atoms with Crippen LogP contribution in [0.15, 0.2) is 71.7 Å². The molecule has 0 aromatic heterocycles. The lowest BCUT2D eigenvalue weighted by atomic mass is 9.95. The number of anilines is 1. The summed E-state index contributed by atoms with van der Waals surface area (Å²) >= 11 is 0. The van der Waals surface area contributed by atoms with Crippen LogP contribution in [0.4, 0.5) is 5.69 Å². The Morgan fingerprint density at radius 2 is 1.47 bits per heavy atom. The van der Waals surface area contributed by atoms with Gasteiger partial charge in [0.2, 0.25) is 0 Å². The molecule has 4 nitrogen and oxygen atoms in total. The second-order valence-corrected chi connectivity index (χ2v) is 10.0. The van der Waals surface area contributed by atoms with Crippen LogP contribution in [-0.2, 0) is 0 Å². The molecule has 0 unspecified atom stereocenters. The number of hydrogen-bond acceptors (Lipinski definition) is 3. The first-order valence-corrected chi connectivity index (χ1v) is 13.2. The molecular formula is C30H34N4. The first kappa shape index (κ1) is 21.4. The minimum atomic E-state index is 0.427. The van der Waals surface area contributed by atoms with Gasteiger partial charge in [-0.2, -0.15) is 0 Å². The van der Waals surface area contributed by atoms with Crippen molar-refractivity contribution in [1.82, 2.24) is 9.55 Å². The number of nitrogens with zero attached hydrogens (tertiary/aromatic N) is 3. The summed E-state index contributed by atoms with van der Waals surface area (Å²) in [6.45, 7) is 0. The summed E-state index contributed by atoms with van der Waals surface area (Å²) in [4.78, 5) is 10.4. The Labute approximate surface area is 202 Å². The van der Waals surface area contributed by atoms with Crippen molar-refractivity contribution in [2.24, 2.45) is 4.99 Å². The number of hydrogen-bond donors (Lipinski definition) is 1. The summed E-state index contributed by atoms with van der Waals surface area (Å²) < 4.78 is 2.35. The monoisotopic (exact) mass is 450 g/mol. The van der Waals surface area contributed by atoms with Crippen LogP contribution in [0.3, 0.4) is 0 Å². The molecule has 1 N–H and O–H groups in total. The second kappa shape index (κ2) is 9.61. The predicted molar refractivity (Wildman–Crippen MR) is 141 cm³/mol. The van der Waals surface area contributed by atoms with Gasteiger partial charge in [-0.25, -0.2) is 4.98 Å². The van der Waals surface area contributed by atoms with E-state index in [0.29, 0.717) is 12.1 Å². The van der Waals surface area contributed by atoms with E-state index in [1.807, 2.05) is 0 Å². The standard InChI is InChI=1S/C30H34N4/c1-4-12-22(13-5-1)31-26-20-28-30(21-27(26)32-23-14-6-2-7-15-23)34(24-16-8-3-9-17-24)29-19-11-10-18-25(29)33-28/h3,8-11,16-23,31H,1-2,4-7,12-15H2. The van der Waals surface area contributed by atoms with Crippen LogP contribution in [0.1, 0.15) is 64.2 Å². The van der Waals surface area contributed by atoms with Gasteiger partial charge >= 0.3 is 0 Å². The lowest BCUT2D eigenvalue weighted by Gasteiger charge is -2.26. The van der Waals surface area contributed by atoms with Gasteiger partial charge in [0, 0.05) is 11.7 Å². The Kier molecular flexibility index (Phi) is 6.05. The van der Waals surface area contributed by atoms with E-state index in [9.17, 15) is 0 Å². The highest BCUT2D eigenvalue weighted by atomic mass is 15.0. The molecule has 2 aromatic carbocycles. The van der Waals surface area contributed by atoms with Crippen LogP contribution in [0, 0.1) is 0 Å². The van der Waals surface area contributed by atoms with Crippen LogP contribution in [0.5, 0.6) is 0 Å². The first-order valence-electron chi connectivity index (χ1n) is 13.2. The van der Waals surface area contributed by atoms with Gasteiger partial charge in [-0.1, -0.05) is 68.9 Å². The molecule has 3 aliphatic carbocycles. The summed E-state index contributed by atoms with van der Waals surface area (Å²) in [5.74, 6) is 0. The zero-order chi connectivity index (χ0) is 22.7. The largest absolute Gasteiger partial charge is 0.381 e. The van der Waals surface area contributed by atoms with Crippen LogP contribution in [0.2, 0.25) is 0 Å². The predicted octanol–water partition coefficient (Wildman–Crippen LogP) is 7.11. The topological polar surface area (TPSA) is 42.2 Å². The fourth-order valence-electron chi connectivity index (χ4n) is 5.79. The minimum absolute atomic E-state index is 0.427. The lowest BCUT2D eigenvalue weighted by molar-refractivity contribution is 0.437. The summed E-state index contributed by atoms with van der Waals surface area (Å²) in [5.41, 5.74) is 6.59. The van der Waals surface area contributed by atoms with Crippen molar-refractivity contribution < 1.29 is 0 Å². The third-order valence-corrected chi connectivity index (χ3v) is 7.57. The van der Waals surface area contributed by atoms with E-state index in [1.165, 1.54) is 64.2 Å². The third-order valence-electron chi connectivity index (χ3n) is 7.57. The molecule has 4 aliphatic rings. The van der Waals surface area contributed by atoms with Gasteiger partial charge in [-0.15, -0.1) is 0 Å². The molecule has 0 amide bonds. The van der Waals surface area contributed by atoms with Gasteiger partial charge in [0.05, 0.1) is 39.5 Å². The van der Waals surface area contributed by atoms with E-state index >= 15 is 0 Å². The zero-order valence-corrected chi connectivity index (χ0v) is 19.9. The molecule has 4 heteroatoms. The van der Waals surface area contributed by atoms with Crippen molar-refractivity contribution in [3.8, 4) is 17.1 Å². The molecule has 1 heterocycles. The molecule has 1 aliphatic heterocycles. The number of para-hydroxylation sites is 3. The van der Waals surface area contributed by atoms with Crippen molar-refractivity contribution in [1.29, 1.82) is 0 Å². The normalized spacial score (nSPS) is 18.5. The summed E-state index contributed by atoms with van der Waals surface area (Å²) in [6, 6.07) is 24.6. The Morgan fingerprint density at radius 1 is 0.765 bits per heavy atom. The van der Waals surface area contributed by atoms with Gasteiger partial charge in [-0.05, 0) is 62.1 Å². The van der Waals surface area contributed by atoms with E-state index in [-0.39, 0.29) is 0 Å². The van der Waals surface area contributed by atoms with E-state index in [2.05, 4.69) is 76.6 Å². The Bertz CT molecular complexity index is 1290. The molecule has 0 spiro atoms. The summed E-state index contributed by atoms with van der Waals surface area (Å²) in [6.07, 6.45) is 12.8. The molecule has 2 saturated carbocycles. The average Bonchev–Trinajstić information content (AvgIpc) is 2.89. The molecule has 0 bridgehead atoms. The molecule has 174 valence electrons. The maximum Gasteiger partial charge on any atom is 0.0900 e. The lowest BCUT2D eigenvalue weighted by Crippen LogP contribution is -2.27. The van der Waals surface area contributed by atoms with Crippen LogP contribution >= 0.6 is 0 Å². The van der Waals surface area contributed by atoms with E-state index < -0.39 is 0 Å². The summed E-state index contributed by atoms with van der Waals surface area (Å²) in [5, 5.41) is 5.00. The smallest absolute Gasteiger partial charge is 0.0900 e. The molecule has 2 fully saturated rings. The van der Waals surface area contributed by atoms with Gasteiger partial charge in [0.15, 0.2) is 0 Å². The van der Waals surface area contributed by atoms with Crippen LogP contribution < -0.4 is 10.7 Å².